The molecule has 0 fully saturated rings. The molecule has 3 aromatic heterocycles. The van der Waals surface area contributed by atoms with Crippen LogP contribution in [0.15, 0.2) is 154 Å². The van der Waals surface area contributed by atoms with Crippen molar-refractivity contribution in [3.8, 4) is 22.3 Å². The molecule has 0 spiro atoms. The van der Waals surface area contributed by atoms with E-state index in [1.54, 1.807) is 11.3 Å². The summed E-state index contributed by atoms with van der Waals surface area (Å²) in [5.74, 6) is 0. The van der Waals surface area contributed by atoms with Crippen molar-refractivity contribution in [2.75, 3.05) is 0 Å². The lowest BCUT2D eigenvalue weighted by molar-refractivity contribution is 0.670. The molecule has 0 N–H and O–H groups in total. The summed E-state index contributed by atoms with van der Waals surface area (Å²) in [7, 11) is 0. The average molecular weight is 617 g/mol. The van der Waals surface area contributed by atoms with Gasteiger partial charge in [0.1, 0.15) is 22.3 Å². The molecule has 0 aliphatic heterocycles. The summed E-state index contributed by atoms with van der Waals surface area (Å²) < 4.78 is 14.5. The Hall–Kier alpha value is -5.90. The predicted molar refractivity (Wildman–Crippen MR) is 200 cm³/mol. The van der Waals surface area contributed by atoms with Gasteiger partial charge in [-0.3, -0.25) is 0 Å². The topological polar surface area (TPSA) is 26.3 Å². The number of furan rings is 2. The van der Waals surface area contributed by atoms with E-state index in [1.807, 2.05) is 6.07 Å². The number of fused-ring (bicyclic) bond motifs is 11. The van der Waals surface area contributed by atoms with Crippen molar-refractivity contribution in [1.29, 1.82) is 0 Å². The van der Waals surface area contributed by atoms with Gasteiger partial charge in [-0.05, 0) is 79.2 Å². The summed E-state index contributed by atoms with van der Waals surface area (Å²) in [6.45, 7) is 0. The number of benzene rings is 8. The van der Waals surface area contributed by atoms with Gasteiger partial charge in [0.15, 0.2) is 0 Å². The fourth-order valence-corrected chi connectivity index (χ4v) is 8.88. The van der Waals surface area contributed by atoms with Gasteiger partial charge in [0.05, 0.1) is 0 Å². The number of rotatable bonds is 2. The summed E-state index contributed by atoms with van der Waals surface area (Å²) in [5.41, 5.74) is 8.55. The molecule has 3 heteroatoms. The van der Waals surface area contributed by atoms with Gasteiger partial charge in [0.25, 0.3) is 0 Å². The monoisotopic (exact) mass is 616 g/mol. The lowest BCUT2D eigenvalue weighted by Gasteiger charge is -2.19. The van der Waals surface area contributed by atoms with Crippen molar-refractivity contribution in [2.24, 2.45) is 0 Å². The van der Waals surface area contributed by atoms with E-state index in [-0.39, 0.29) is 0 Å². The van der Waals surface area contributed by atoms with E-state index in [9.17, 15) is 0 Å². The van der Waals surface area contributed by atoms with Crippen molar-refractivity contribution in [1.82, 2.24) is 0 Å². The van der Waals surface area contributed by atoms with Crippen LogP contribution in [0.3, 0.4) is 0 Å². The lowest BCUT2D eigenvalue weighted by Crippen LogP contribution is -1.92. The van der Waals surface area contributed by atoms with E-state index in [1.165, 1.54) is 59.3 Å². The summed E-state index contributed by atoms with van der Waals surface area (Å²) >= 11 is 1.79. The first kappa shape index (κ1) is 25.3. The maximum Gasteiger partial charge on any atom is 0.144 e. The molecule has 0 aliphatic rings. The third-order valence-corrected chi connectivity index (χ3v) is 10.9. The van der Waals surface area contributed by atoms with Gasteiger partial charge >= 0.3 is 0 Å². The van der Waals surface area contributed by atoms with Crippen molar-refractivity contribution in [2.45, 2.75) is 0 Å². The van der Waals surface area contributed by atoms with Gasteiger partial charge in [-0.15, -0.1) is 11.3 Å². The van der Waals surface area contributed by atoms with Crippen LogP contribution in [0.2, 0.25) is 0 Å². The molecule has 11 rings (SSSR count). The highest BCUT2D eigenvalue weighted by molar-refractivity contribution is 7.18. The molecule has 0 saturated carbocycles. The average Bonchev–Trinajstić information content (AvgIpc) is 3.85. The summed E-state index contributed by atoms with van der Waals surface area (Å²) in [6.07, 6.45) is 0. The zero-order chi connectivity index (χ0) is 30.6. The minimum absolute atomic E-state index is 0.911. The summed E-state index contributed by atoms with van der Waals surface area (Å²) in [4.78, 5) is 0. The fourth-order valence-electron chi connectivity index (χ4n) is 7.96. The van der Waals surface area contributed by atoms with Crippen LogP contribution in [0.25, 0.3) is 109 Å². The smallest absolute Gasteiger partial charge is 0.144 e. The Labute approximate surface area is 272 Å². The molecule has 8 aromatic carbocycles. The van der Waals surface area contributed by atoms with Gasteiger partial charge in [-0.1, -0.05) is 109 Å². The first-order chi connectivity index (χ1) is 23.3. The molecular formula is C44H24O2S. The number of thiophene rings is 1. The molecule has 218 valence electrons. The minimum Gasteiger partial charge on any atom is -0.455 e. The number of para-hydroxylation sites is 2. The maximum atomic E-state index is 6.76. The Morgan fingerprint density at radius 3 is 1.49 bits per heavy atom. The predicted octanol–water partition coefficient (Wildman–Crippen LogP) is 13.5. The fraction of sp³-hybridized carbons (Fsp3) is 0. The molecule has 47 heavy (non-hydrogen) atoms. The molecule has 2 nitrogen and oxygen atoms in total. The second-order valence-electron chi connectivity index (χ2n) is 12.4. The van der Waals surface area contributed by atoms with E-state index in [0.29, 0.717) is 0 Å². The van der Waals surface area contributed by atoms with Crippen LogP contribution in [0.5, 0.6) is 0 Å². The first-order valence-corrected chi connectivity index (χ1v) is 16.8. The molecule has 0 amide bonds. The second kappa shape index (κ2) is 9.32. The maximum absolute atomic E-state index is 6.76. The quantitative estimate of drug-likeness (QED) is 0.181. The van der Waals surface area contributed by atoms with Crippen LogP contribution in [0.1, 0.15) is 0 Å². The Morgan fingerprint density at radius 2 is 0.851 bits per heavy atom. The van der Waals surface area contributed by atoms with Crippen LogP contribution in [-0.2, 0) is 0 Å². The Morgan fingerprint density at radius 1 is 0.362 bits per heavy atom. The van der Waals surface area contributed by atoms with Crippen molar-refractivity contribution in [3.05, 3.63) is 145 Å². The van der Waals surface area contributed by atoms with Gasteiger partial charge in [0.2, 0.25) is 0 Å². The second-order valence-corrected chi connectivity index (χ2v) is 13.3. The molecule has 0 unspecified atom stereocenters. The normalized spacial score (nSPS) is 12.3. The highest BCUT2D eigenvalue weighted by Gasteiger charge is 2.24. The molecule has 0 saturated heterocycles. The van der Waals surface area contributed by atoms with E-state index < -0.39 is 0 Å². The summed E-state index contributed by atoms with van der Waals surface area (Å²) in [6, 6.07) is 50.1. The van der Waals surface area contributed by atoms with Crippen molar-refractivity contribution in [3.63, 3.8) is 0 Å². The van der Waals surface area contributed by atoms with E-state index in [0.717, 1.165) is 49.3 Å². The minimum atomic E-state index is 0.911. The van der Waals surface area contributed by atoms with Crippen molar-refractivity contribution < 1.29 is 8.83 Å². The van der Waals surface area contributed by atoms with Gasteiger partial charge < -0.3 is 8.83 Å². The Bertz CT molecular complexity index is 3020. The third-order valence-electron chi connectivity index (χ3n) is 9.92. The third kappa shape index (κ3) is 3.39. The van der Waals surface area contributed by atoms with Gasteiger partial charge in [-0.2, -0.15) is 0 Å². The molecule has 11 aromatic rings. The lowest BCUT2D eigenvalue weighted by atomic mass is 9.83. The van der Waals surface area contributed by atoms with Crippen LogP contribution < -0.4 is 0 Å². The van der Waals surface area contributed by atoms with Gasteiger partial charge in [-0.25, -0.2) is 0 Å². The highest BCUT2D eigenvalue weighted by atomic mass is 32.1. The van der Waals surface area contributed by atoms with E-state index >= 15 is 0 Å². The van der Waals surface area contributed by atoms with Crippen molar-refractivity contribution >= 4 is 97.6 Å². The largest absolute Gasteiger partial charge is 0.455 e. The number of hydrogen-bond acceptors (Lipinski definition) is 3. The van der Waals surface area contributed by atoms with E-state index in [2.05, 4.69) is 139 Å². The SMILES string of the molecule is c1ccc2c(c1)oc1c(-c3c4ccccc4c(-c4cc5c6ccccc6oc5c5ccccc45)c4ccccc34)c3sccc3cc12. The first-order valence-electron chi connectivity index (χ1n) is 15.9. The zero-order valence-electron chi connectivity index (χ0n) is 25.1. The van der Waals surface area contributed by atoms with Crippen LogP contribution in [0.4, 0.5) is 0 Å². The van der Waals surface area contributed by atoms with E-state index in [4.69, 9.17) is 8.83 Å². The standard InChI is InChI=1S/C44H24O2S/c1-6-18-33-26(11-1)34(24-36-28-13-8-9-19-37(28)45-42(33)36)39-29-14-2-4-16-31(29)40(32-17-5-3-15-30(32)39)41-43-35(23-25-21-22-47-44(25)41)27-12-7-10-20-38(27)46-43/h1-24H. The molecule has 0 radical (unpaired) electrons. The summed E-state index contributed by atoms with van der Waals surface area (Å²) in [5, 5.41) is 15.2. The van der Waals surface area contributed by atoms with Gasteiger partial charge in [0, 0.05) is 42.8 Å². The molecule has 3 heterocycles. The molecule has 0 aliphatic carbocycles. The van der Waals surface area contributed by atoms with Crippen LogP contribution >= 0.6 is 11.3 Å². The highest BCUT2D eigenvalue weighted by Crippen LogP contribution is 2.51. The van der Waals surface area contributed by atoms with Crippen LogP contribution in [-0.4, -0.2) is 0 Å². The molecular weight excluding hydrogens is 593 g/mol. The molecule has 0 bridgehead atoms. The van der Waals surface area contributed by atoms with Crippen LogP contribution in [0, 0.1) is 0 Å². The number of hydrogen-bond donors (Lipinski definition) is 0. The Kier molecular flexibility index (Phi) is 5.02. The molecule has 0 atom stereocenters. The Balaban J connectivity index is 1.35. The zero-order valence-corrected chi connectivity index (χ0v) is 25.9.